The second kappa shape index (κ2) is 6.98. The molecule has 0 aromatic carbocycles. The van der Waals surface area contributed by atoms with E-state index in [-0.39, 0.29) is 0 Å². The number of methoxy groups -OCH3 is 1. The van der Waals surface area contributed by atoms with Crippen LogP contribution in [0.4, 0.5) is 0 Å². The minimum absolute atomic E-state index is 0.561. The van der Waals surface area contributed by atoms with Gasteiger partial charge in [0.05, 0.1) is 6.10 Å². The van der Waals surface area contributed by atoms with E-state index in [0.717, 1.165) is 41.4 Å². The summed E-state index contributed by atoms with van der Waals surface area (Å²) < 4.78 is 6.30. The third-order valence-electron chi connectivity index (χ3n) is 12.0. The topological polar surface area (TPSA) is 9.23 Å². The van der Waals surface area contributed by atoms with Crippen LogP contribution in [0.25, 0.3) is 0 Å². The summed E-state index contributed by atoms with van der Waals surface area (Å²) in [6.07, 6.45) is 16.8. The van der Waals surface area contributed by atoms with E-state index >= 15 is 0 Å². The maximum atomic E-state index is 6.30. The molecular formula is C28H48O. The highest BCUT2D eigenvalue weighted by Crippen LogP contribution is 2.82. The minimum Gasteiger partial charge on any atom is -0.381 e. The van der Waals surface area contributed by atoms with E-state index in [4.69, 9.17) is 4.74 Å². The zero-order valence-electron chi connectivity index (χ0n) is 20.3. The molecule has 1 spiro atoms. The minimum atomic E-state index is 0.561. The Morgan fingerprint density at radius 2 is 1.72 bits per heavy atom. The van der Waals surface area contributed by atoms with Crippen molar-refractivity contribution < 1.29 is 4.74 Å². The Labute approximate surface area is 181 Å². The Morgan fingerprint density at radius 3 is 2.41 bits per heavy atom. The van der Waals surface area contributed by atoms with Crippen LogP contribution in [0.5, 0.6) is 0 Å². The van der Waals surface area contributed by atoms with Crippen molar-refractivity contribution in [2.75, 3.05) is 7.11 Å². The lowest BCUT2D eigenvalue weighted by atomic mass is 9.45. The molecule has 0 N–H and O–H groups in total. The van der Waals surface area contributed by atoms with Crippen LogP contribution in [0, 0.1) is 57.7 Å². The van der Waals surface area contributed by atoms with E-state index in [2.05, 4.69) is 34.6 Å². The fourth-order valence-corrected chi connectivity index (χ4v) is 10.6. The molecule has 0 aliphatic heterocycles. The SMILES string of the molecule is COC1CC2C3CCC(C(C)CCCC(C)C)C3(C)CCC2C2(C)CC[C@@H]3CC132. The summed E-state index contributed by atoms with van der Waals surface area (Å²) in [6, 6.07) is 0. The van der Waals surface area contributed by atoms with Gasteiger partial charge in [-0.25, -0.2) is 0 Å². The molecule has 5 fully saturated rings. The Bertz CT molecular complexity index is 626. The molecule has 0 radical (unpaired) electrons. The Morgan fingerprint density at radius 1 is 0.931 bits per heavy atom. The summed E-state index contributed by atoms with van der Waals surface area (Å²) >= 11 is 0. The molecule has 0 amide bonds. The van der Waals surface area contributed by atoms with Gasteiger partial charge in [0, 0.05) is 12.5 Å². The maximum Gasteiger partial charge on any atom is 0.0638 e. The average molecular weight is 401 g/mol. The lowest BCUT2D eigenvalue weighted by molar-refractivity contribution is -0.161. The van der Waals surface area contributed by atoms with Crippen LogP contribution < -0.4 is 0 Å². The summed E-state index contributed by atoms with van der Waals surface area (Å²) in [5, 5.41) is 0. The van der Waals surface area contributed by atoms with Crippen molar-refractivity contribution in [3.05, 3.63) is 0 Å². The normalized spacial score (nSPS) is 53.9. The molecule has 5 rings (SSSR count). The maximum absolute atomic E-state index is 6.30. The highest BCUT2D eigenvalue weighted by molar-refractivity contribution is 5.26. The Hall–Kier alpha value is -0.0400. The van der Waals surface area contributed by atoms with Gasteiger partial charge in [-0.1, -0.05) is 53.9 Å². The van der Waals surface area contributed by atoms with Gasteiger partial charge in [-0.3, -0.25) is 0 Å². The molecule has 5 saturated carbocycles. The van der Waals surface area contributed by atoms with Gasteiger partial charge in [-0.05, 0) is 104 Å². The second-order valence-corrected chi connectivity index (χ2v) is 13.3. The van der Waals surface area contributed by atoms with Gasteiger partial charge in [-0.15, -0.1) is 0 Å². The van der Waals surface area contributed by atoms with Crippen LogP contribution >= 0.6 is 0 Å². The Kier molecular flexibility index (Phi) is 5.02. The average Bonchev–Trinajstić information content (AvgIpc) is 3.18. The first-order chi connectivity index (χ1) is 13.8. The smallest absolute Gasteiger partial charge is 0.0638 e. The van der Waals surface area contributed by atoms with E-state index in [1.165, 1.54) is 70.6 Å². The van der Waals surface area contributed by atoms with Crippen molar-refractivity contribution in [1.29, 1.82) is 0 Å². The molecule has 5 aliphatic carbocycles. The Balaban J connectivity index is 1.35. The van der Waals surface area contributed by atoms with E-state index in [0.29, 0.717) is 22.3 Å². The third kappa shape index (κ3) is 2.74. The number of fused-ring (bicyclic) bond motifs is 4. The molecule has 1 heteroatoms. The van der Waals surface area contributed by atoms with Crippen molar-refractivity contribution in [3.63, 3.8) is 0 Å². The van der Waals surface area contributed by atoms with Crippen molar-refractivity contribution in [3.8, 4) is 0 Å². The van der Waals surface area contributed by atoms with Crippen LogP contribution in [-0.2, 0) is 4.74 Å². The van der Waals surface area contributed by atoms with Crippen LogP contribution in [0.15, 0.2) is 0 Å². The summed E-state index contributed by atoms with van der Waals surface area (Å²) in [4.78, 5) is 0. The zero-order valence-corrected chi connectivity index (χ0v) is 20.3. The lowest BCUT2D eigenvalue weighted by Gasteiger charge is -2.61. The van der Waals surface area contributed by atoms with E-state index in [1.807, 2.05) is 7.11 Å². The van der Waals surface area contributed by atoms with Crippen LogP contribution in [-0.4, -0.2) is 13.2 Å². The first-order valence-corrected chi connectivity index (χ1v) is 13.3. The summed E-state index contributed by atoms with van der Waals surface area (Å²) in [5.74, 6) is 6.68. The van der Waals surface area contributed by atoms with Crippen molar-refractivity contribution in [2.45, 2.75) is 111 Å². The molecule has 166 valence electrons. The second-order valence-electron chi connectivity index (χ2n) is 13.3. The predicted octanol–water partition coefficient (Wildman–Crippen LogP) is 7.73. The highest BCUT2D eigenvalue weighted by Gasteiger charge is 2.77. The molecular weight excluding hydrogens is 352 g/mol. The monoisotopic (exact) mass is 400 g/mol. The number of hydrogen-bond donors (Lipinski definition) is 0. The third-order valence-corrected chi connectivity index (χ3v) is 12.0. The standard InChI is InChI=1S/C28H48O/c1-18(2)8-7-9-19(3)22-10-11-23-21-16-25(29-6)28-17-20(28)12-15-27(28,5)24(21)13-14-26(22,23)4/h18-25H,7-17H2,1-6H3/t19?,20-,21?,22?,23?,24?,25?,26?,27?,28?/m1/s1. The van der Waals surface area contributed by atoms with E-state index in [9.17, 15) is 0 Å². The van der Waals surface area contributed by atoms with Gasteiger partial charge < -0.3 is 4.74 Å². The van der Waals surface area contributed by atoms with Crippen molar-refractivity contribution in [1.82, 2.24) is 0 Å². The quantitative estimate of drug-likeness (QED) is 0.443. The van der Waals surface area contributed by atoms with Crippen molar-refractivity contribution >= 4 is 0 Å². The van der Waals surface area contributed by atoms with Gasteiger partial charge in [0.15, 0.2) is 0 Å². The first kappa shape index (κ1) is 20.8. The molecule has 0 aromatic heterocycles. The van der Waals surface area contributed by atoms with Crippen LogP contribution in [0.1, 0.15) is 105 Å². The number of ether oxygens (including phenoxy) is 1. The summed E-state index contributed by atoms with van der Waals surface area (Å²) in [6.45, 7) is 12.8. The van der Waals surface area contributed by atoms with Crippen LogP contribution in [0.3, 0.4) is 0 Å². The molecule has 10 atom stereocenters. The predicted molar refractivity (Wildman–Crippen MR) is 122 cm³/mol. The van der Waals surface area contributed by atoms with Gasteiger partial charge in [0.1, 0.15) is 0 Å². The molecule has 0 bridgehead atoms. The van der Waals surface area contributed by atoms with Crippen molar-refractivity contribution in [2.24, 2.45) is 57.7 Å². The first-order valence-electron chi connectivity index (χ1n) is 13.3. The molecule has 1 nitrogen and oxygen atoms in total. The number of hydrogen-bond acceptors (Lipinski definition) is 1. The molecule has 9 unspecified atom stereocenters. The van der Waals surface area contributed by atoms with Gasteiger partial charge in [-0.2, -0.15) is 0 Å². The number of rotatable bonds is 6. The largest absolute Gasteiger partial charge is 0.381 e. The molecule has 0 saturated heterocycles. The molecule has 29 heavy (non-hydrogen) atoms. The molecule has 0 aromatic rings. The van der Waals surface area contributed by atoms with E-state index < -0.39 is 0 Å². The molecule has 5 aliphatic rings. The van der Waals surface area contributed by atoms with Crippen LogP contribution in [0.2, 0.25) is 0 Å². The van der Waals surface area contributed by atoms with E-state index in [1.54, 1.807) is 0 Å². The fourth-order valence-electron chi connectivity index (χ4n) is 10.6. The summed E-state index contributed by atoms with van der Waals surface area (Å²) in [7, 11) is 2.03. The highest BCUT2D eigenvalue weighted by atomic mass is 16.5. The fraction of sp³-hybridized carbons (Fsp3) is 1.00. The van der Waals surface area contributed by atoms with Gasteiger partial charge >= 0.3 is 0 Å². The van der Waals surface area contributed by atoms with Gasteiger partial charge in [0.2, 0.25) is 0 Å². The van der Waals surface area contributed by atoms with Gasteiger partial charge in [0.25, 0.3) is 0 Å². The zero-order chi connectivity index (χ0) is 20.6. The lowest BCUT2D eigenvalue weighted by Crippen LogP contribution is -2.57. The summed E-state index contributed by atoms with van der Waals surface area (Å²) in [5.41, 5.74) is 1.78. The molecule has 0 heterocycles.